The fourth-order valence-electron chi connectivity index (χ4n) is 1.55. The highest BCUT2D eigenvalue weighted by atomic mass is 32.2. The van der Waals surface area contributed by atoms with Crippen molar-refractivity contribution >= 4 is 10.0 Å². The van der Waals surface area contributed by atoms with Crippen molar-refractivity contribution in [1.82, 2.24) is 9.29 Å². The average molecular weight is 275 g/mol. The van der Waals surface area contributed by atoms with Crippen LogP contribution in [-0.2, 0) is 10.0 Å². The lowest BCUT2D eigenvalue weighted by molar-refractivity contribution is 0.400. The van der Waals surface area contributed by atoms with Crippen molar-refractivity contribution in [2.45, 2.75) is 24.8 Å². The molecule has 1 aromatic rings. The molecular formula is C11H18FN3O2S. The number of sulfonamides is 1. The van der Waals surface area contributed by atoms with Gasteiger partial charge in [0.05, 0.1) is 0 Å². The molecule has 0 atom stereocenters. The van der Waals surface area contributed by atoms with Gasteiger partial charge in [0.2, 0.25) is 5.03 Å². The van der Waals surface area contributed by atoms with Crippen molar-refractivity contribution in [3.05, 3.63) is 24.1 Å². The van der Waals surface area contributed by atoms with Crippen molar-refractivity contribution in [3.63, 3.8) is 0 Å². The van der Waals surface area contributed by atoms with Crippen LogP contribution in [0.5, 0.6) is 0 Å². The second-order valence-corrected chi connectivity index (χ2v) is 5.69. The minimum Gasteiger partial charge on any atom is -0.330 e. The zero-order chi connectivity index (χ0) is 13.6. The van der Waals surface area contributed by atoms with E-state index in [9.17, 15) is 12.8 Å². The molecule has 0 aliphatic heterocycles. The third-order valence-corrected chi connectivity index (χ3v) is 4.23. The lowest BCUT2D eigenvalue weighted by atomic mass is 10.4. The summed E-state index contributed by atoms with van der Waals surface area (Å²) < 4.78 is 39.2. The topological polar surface area (TPSA) is 76.3 Å². The molecule has 1 aromatic heterocycles. The quantitative estimate of drug-likeness (QED) is 0.804. The Morgan fingerprint density at radius 2 is 2.17 bits per heavy atom. The van der Waals surface area contributed by atoms with E-state index < -0.39 is 20.9 Å². The van der Waals surface area contributed by atoms with E-state index in [1.807, 2.05) is 6.92 Å². The van der Waals surface area contributed by atoms with Crippen molar-refractivity contribution in [2.75, 3.05) is 19.6 Å². The van der Waals surface area contributed by atoms with E-state index >= 15 is 0 Å². The first kappa shape index (κ1) is 15.0. The van der Waals surface area contributed by atoms with Gasteiger partial charge in [0.1, 0.15) is 0 Å². The highest BCUT2D eigenvalue weighted by molar-refractivity contribution is 7.89. The standard InChI is InChI=1S/C11H18FN3O2S/c1-2-8-15(9-4-6-13)18(16,17)11-10(12)5-3-7-14-11/h3,5,7H,2,4,6,8-9,13H2,1H3. The van der Waals surface area contributed by atoms with Gasteiger partial charge in [-0.15, -0.1) is 0 Å². The van der Waals surface area contributed by atoms with Crippen LogP contribution < -0.4 is 5.73 Å². The fraction of sp³-hybridized carbons (Fsp3) is 0.545. The monoisotopic (exact) mass is 275 g/mol. The van der Waals surface area contributed by atoms with Crippen molar-refractivity contribution in [1.29, 1.82) is 0 Å². The molecule has 0 amide bonds. The van der Waals surface area contributed by atoms with Crippen LogP contribution in [0.1, 0.15) is 19.8 Å². The second kappa shape index (κ2) is 6.77. The first-order valence-corrected chi connectivity index (χ1v) is 7.28. The minimum absolute atomic E-state index is 0.280. The van der Waals surface area contributed by atoms with E-state index in [4.69, 9.17) is 5.73 Å². The van der Waals surface area contributed by atoms with E-state index in [-0.39, 0.29) is 6.54 Å². The summed E-state index contributed by atoms with van der Waals surface area (Å²) in [5.74, 6) is -0.827. The van der Waals surface area contributed by atoms with Gasteiger partial charge >= 0.3 is 0 Å². The fourth-order valence-corrected chi connectivity index (χ4v) is 3.10. The van der Waals surface area contributed by atoms with Crippen LogP contribution in [0.15, 0.2) is 23.4 Å². The third kappa shape index (κ3) is 3.47. The first-order valence-electron chi connectivity index (χ1n) is 5.84. The number of rotatable bonds is 7. The largest absolute Gasteiger partial charge is 0.330 e. The molecule has 0 bridgehead atoms. The molecule has 2 N–H and O–H groups in total. The average Bonchev–Trinajstić information content (AvgIpc) is 2.34. The van der Waals surface area contributed by atoms with Gasteiger partial charge in [-0.2, -0.15) is 4.31 Å². The zero-order valence-corrected chi connectivity index (χ0v) is 11.2. The van der Waals surface area contributed by atoms with Crippen molar-refractivity contribution in [2.24, 2.45) is 5.73 Å². The Labute approximate surface area is 107 Å². The Morgan fingerprint density at radius 1 is 1.44 bits per heavy atom. The number of hydrogen-bond acceptors (Lipinski definition) is 4. The summed E-state index contributed by atoms with van der Waals surface area (Å²) in [6.07, 6.45) is 2.45. The molecular weight excluding hydrogens is 257 g/mol. The van der Waals surface area contributed by atoms with E-state index in [0.717, 1.165) is 6.07 Å². The maximum absolute atomic E-state index is 13.5. The number of halogens is 1. The molecule has 0 aliphatic carbocycles. The van der Waals surface area contributed by atoms with Gasteiger partial charge < -0.3 is 5.73 Å². The smallest absolute Gasteiger partial charge is 0.263 e. The van der Waals surface area contributed by atoms with Gasteiger partial charge in [-0.3, -0.25) is 0 Å². The van der Waals surface area contributed by atoms with Crippen LogP contribution in [0.25, 0.3) is 0 Å². The lowest BCUT2D eigenvalue weighted by Gasteiger charge is -2.20. The number of nitrogens with two attached hydrogens (primary N) is 1. The summed E-state index contributed by atoms with van der Waals surface area (Å²) in [5.41, 5.74) is 5.37. The Balaban J connectivity index is 3.05. The molecule has 0 aromatic carbocycles. The molecule has 0 fully saturated rings. The predicted molar refractivity (Wildman–Crippen MR) is 66.9 cm³/mol. The molecule has 0 aliphatic rings. The van der Waals surface area contributed by atoms with Crippen LogP contribution in [0.2, 0.25) is 0 Å². The molecule has 7 heteroatoms. The molecule has 1 rings (SSSR count). The number of pyridine rings is 1. The van der Waals surface area contributed by atoms with Crippen LogP contribution in [-0.4, -0.2) is 37.3 Å². The van der Waals surface area contributed by atoms with Gasteiger partial charge in [-0.05, 0) is 31.5 Å². The van der Waals surface area contributed by atoms with E-state index in [1.165, 1.54) is 16.6 Å². The lowest BCUT2D eigenvalue weighted by Crippen LogP contribution is -2.34. The maximum Gasteiger partial charge on any atom is 0.263 e. The third-order valence-electron chi connectivity index (χ3n) is 2.39. The van der Waals surface area contributed by atoms with Crippen LogP contribution in [0, 0.1) is 5.82 Å². The SMILES string of the molecule is CCCN(CCCN)S(=O)(=O)c1ncccc1F. The summed E-state index contributed by atoms with van der Waals surface area (Å²) in [4.78, 5) is 3.63. The molecule has 18 heavy (non-hydrogen) atoms. The van der Waals surface area contributed by atoms with Gasteiger partial charge in [-0.25, -0.2) is 17.8 Å². The Kier molecular flexibility index (Phi) is 5.64. The van der Waals surface area contributed by atoms with Crippen LogP contribution in [0.4, 0.5) is 4.39 Å². The normalized spacial score (nSPS) is 12.0. The van der Waals surface area contributed by atoms with Gasteiger partial charge in [-0.1, -0.05) is 6.92 Å². The molecule has 0 unspecified atom stereocenters. The van der Waals surface area contributed by atoms with Crippen molar-refractivity contribution in [3.8, 4) is 0 Å². The number of hydrogen-bond donors (Lipinski definition) is 1. The highest BCUT2D eigenvalue weighted by Crippen LogP contribution is 2.16. The molecule has 1 heterocycles. The Morgan fingerprint density at radius 3 is 2.72 bits per heavy atom. The van der Waals surface area contributed by atoms with Crippen molar-refractivity contribution < 1.29 is 12.8 Å². The number of aromatic nitrogens is 1. The first-order chi connectivity index (χ1) is 8.54. The Hall–Kier alpha value is -1.05. The van der Waals surface area contributed by atoms with Crippen LogP contribution >= 0.6 is 0 Å². The van der Waals surface area contributed by atoms with Crippen LogP contribution in [0.3, 0.4) is 0 Å². The van der Waals surface area contributed by atoms with Gasteiger partial charge in [0, 0.05) is 19.3 Å². The summed E-state index contributed by atoms with van der Waals surface area (Å²) in [7, 11) is -3.87. The molecule has 102 valence electrons. The summed E-state index contributed by atoms with van der Waals surface area (Å²) in [5, 5.41) is -0.518. The predicted octanol–water partition coefficient (Wildman–Crippen LogP) is 0.970. The van der Waals surface area contributed by atoms with E-state index in [0.29, 0.717) is 25.9 Å². The molecule has 5 nitrogen and oxygen atoms in total. The van der Waals surface area contributed by atoms with E-state index in [2.05, 4.69) is 4.98 Å². The Bertz CT molecular complexity index is 479. The highest BCUT2D eigenvalue weighted by Gasteiger charge is 2.27. The molecule has 0 saturated heterocycles. The van der Waals surface area contributed by atoms with E-state index in [1.54, 1.807) is 0 Å². The minimum atomic E-state index is -3.87. The summed E-state index contributed by atoms with van der Waals surface area (Å²) >= 11 is 0. The number of nitrogens with zero attached hydrogens (tertiary/aromatic N) is 2. The zero-order valence-electron chi connectivity index (χ0n) is 10.3. The summed E-state index contributed by atoms with van der Waals surface area (Å²) in [6, 6.07) is 2.45. The molecule has 0 saturated carbocycles. The van der Waals surface area contributed by atoms with Gasteiger partial charge in [0.25, 0.3) is 10.0 Å². The molecule has 0 spiro atoms. The second-order valence-electron chi connectivity index (χ2n) is 3.84. The summed E-state index contributed by atoms with van der Waals surface area (Å²) in [6.45, 7) is 2.86. The maximum atomic E-state index is 13.5. The molecule has 0 radical (unpaired) electrons. The van der Waals surface area contributed by atoms with Gasteiger partial charge in [0.15, 0.2) is 5.82 Å².